The number of hydrogen-bond acceptors (Lipinski definition) is 5. The molecule has 0 bridgehead atoms. The number of phenols is 1. The number of rotatable bonds is 4. The highest BCUT2D eigenvalue weighted by Crippen LogP contribution is 2.31. The molecule has 0 spiro atoms. The van der Waals surface area contributed by atoms with Crippen LogP contribution in [0.5, 0.6) is 11.5 Å². The van der Waals surface area contributed by atoms with Gasteiger partial charge in [-0.3, -0.25) is 0 Å². The molecule has 2 atom stereocenters. The number of hydrogen-bond donors (Lipinski definition) is 2. The zero-order chi connectivity index (χ0) is 13.2. The lowest BCUT2D eigenvalue weighted by Crippen LogP contribution is -2.31. The first-order valence-corrected chi connectivity index (χ1v) is 5.94. The number of benzene rings is 1. The quantitative estimate of drug-likeness (QED) is 0.838. The minimum absolute atomic E-state index is 0.0472. The number of nitrogens with two attached hydrogens (primary N) is 1. The van der Waals surface area contributed by atoms with Crippen LogP contribution in [0.4, 0.5) is 0 Å². The van der Waals surface area contributed by atoms with Crippen LogP contribution in [0.1, 0.15) is 12.5 Å². The van der Waals surface area contributed by atoms with Crippen LogP contribution in [-0.2, 0) is 15.9 Å². The Morgan fingerprint density at radius 1 is 1.56 bits per heavy atom. The summed E-state index contributed by atoms with van der Waals surface area (Å²) in [6.45, 7) is 2.86. The number of phenolic OH excluding ortho intramolecular Hbond substituents is 1. The molecule has 2 unspecified atom stereocenters. The molecular weight excluding hydrogens is 234 g/mol. The van der Waals surface area contributed by atoms with Gasteiger partial charge < -0.3 is 25.1 Å². The summed E-state index contributed by atoms with van der Waals surface area (Å²) in [4.78, 5) is 0. The predicted octanol–water partition coefficient (Wildman–Crippen LogP) is 1.03. The molecule has 1 aliphatic heterocycles. The fourth-order valence-corrected chi connectivity index (χ4v) is 2.10. The molecule has 0 aromatic heterocycles. The molecule has 18 heavy (non-hydrogen) atoms. The van der Waals surface area contributed by atoms with Gasteiger partial charge in [-0.1, -0.05) is 6.07 Å². The van der Waals surface area contributed by atoms with Crippen LogP contribution in [-0.4, -0.2) is 37.3 Å². The summed E-state index contributed by atoms with van der Waals surface area (Å²) in [5.74, 6) is -0.0876. The third kappa shape index (κ3) is 2.75. The van der Waals surface area contributed by atoms with Gasteiger partial charge in [-0.05, 0) is 24.6 Å². The van der Waals surface area contributed by atoms with Gasteiger partial charge in [0.05, 0.1) is 19.8 Å². The van der Waals surface area contributed by atoms with Crippen LogP contribution in [0.3, 0.4) is 0 Å². The van der Waals surface area contributed by atoms with Crippen molar-refractivity contribution in [1.29, 1.82) is 0 Å². The summed E-state index contributed by atoms with van der Waals surface area (Å²) in [7, 11) is 1.52. The minimum Gasteiger partial charge on any atom is -0.504 e. The van der Waals surface area contributed by atoms with E-state index in [0.29, 0.717) is 25.3 Å². The molecule has 2 rings (SSSR count). The van der Waals surface area contributed by atoms with Gasteiger partial charge in [0.2, 0.25) is 0 Å². The molecule has 1 fully saturated rings. The van der Waals surface area contributed by atoms with Crippen molar-refractivity contribution in [3.63, 3.8) is 0 Å². The topological polar surface area (TPSA) is 73.9 Å². The van der Waals surface area contributed by atoms with Gasteiger partial charge in [-0.15, -0.1) is 0 Å². The van der Waals surface area contributed by atoms with Crippen molar-refractivity contribution in [2.24, 2.45) is 5.73 Å². The van der Waals surface area contributed by atoms with Gasteiger partial charge in [-0.2, -0.15) is 0 Å². The number of methoxy groups -OCH3 is 1. The third-order valence-corrected chi connectivity index (χ3v) is 3.02. The van der Waals surface area contributed by atoms with Crippen LogP contribution in [0.2, 0.25) is 0 Å². The molecule has 1 aliphatic rings. The van der Waals surface area contributed by atoms with Gasteiger partial charge in [-0.25, -0.2) is 0 Å². The summed E-state index contributed by atoms with van der Waals surface area (Å²) in [6.07, 6.45) is 0.536. The van der Waals surface area contributed by atoms with E-state index in [0.717, 1.165) is 5.56 Å². The second-order valence-electron chi connectivity index (χ2n) is 4.60. The molecule has 0 radical (unpaired) electrons. The highest BCUT2D eigenvalue weighted by molar-refractivity contribution is 5.42. The predicted molar refractivity (Wildman–Crippen MR) is 66.6 cm³/mol. The molecule has 5 nitrogen and oxygen atoms in total. The molecule has 0 aliphatic carbocycles. The molecule has 1 aromatic rings. The van der Waals surface area contributed by atoms with E-state index in [9.17, 15) is 5.11 Å². The first kappa shape index (κ1) is 13.1. The Bertz CT molecular complexity index is 423. The van der Waals surface area contributed by atoms with E-state index in [1.165, 1.54) is 7.11 Å². The smallest absolute Gasteiger partial charge is 0.170 e. The van der Waals surface area contributed by atoms with Crippen molar-refractivity contribution in [1.82, 2.24) is 0 Å². The van der Waals surface area contributed by atoms with E-state index in [1.54, 1.807) is 12.1 Å². The lowest BCUT2D eigenvalue weighted by Gasteiger charge is -2.23. The van der Waals surface area contributed by atoms with E-state index in [2.05, 4.69) is 0 Å². The largest absolute Gasteiger partial charge is 0.504 e. The van der Waals surface area contributed by atoms with E-state index in [-0.39, 0.29) is 11.9 Å². The van der Waals surface area contributed by atoms with E-state index >= 15 is 0 Å². The molecule has 1 heterocycles. The van der Waals surface area contributed by atoms with E-state index in [4.69, 9.17) is 19.9 Å². The Labute approximate surface area is 106 Å². The fourth-order valence-electron chi connectivity index (χ4n) is 2.10. The van der Waals surface area contributed by atoms with Crippen LogP contribution in [0.15, 0.2) is 18.2 Å². The summed E-state index contributed by atoms with van der Waals surface area (Å²) in [5, 5.41) is 9.54. The maximum absolute atomic E-state index is 9.54. The Hall–Kier alpha value is -1.30. The average Bonchev–Trinajstić information content (AvgIpc) is 2.73. The average molecular weight is 253 g/mol. The SMILES string of the molecule is COc1cc(CC2(C)OCC(CN)O2)ccc1O. The van der Waals surface area contributed by atoms with Crippen molar-refractivity contribution < 1.29 is 19.3 Å². The second kappa shape index (κ2) is 5.14. The Balaban J connectivity index is 2.09. The summed E-state index contributed by atoms with van der Waals surface area (Å²) in [6, 6.07) is 5.21. The van der Waals surface area contributed by atoms with Crippen LogP contribution >= 0.6 is 0 Å². The zero-order valence-corrected chi connectivity index (χ0v) is 10.7. The normalized spacial score (nSPS) is 27.4. The molecule has 0 amide bonds. The van der Waals surface area contributed by atoms with Gasteiger partial charge >= 0.3 is 0 Å². The molecule has 1 aromatic carbocycles. The molecule has 3 N–H and O–H groups in total. The van der Waals surface area contributed by atoms with Crippen molar-refractivity contribution in [2.45, 2.75) is 25.2 Å². The maximum Gasteiger partial charge on any atom is 0.170 e. The fraction of sp³-hybridized carbons (Fsp3) is 0.538. The molecule has 5 heteroatoms. The minimum atomic E-state index is -0.661. The number of ether oxygens (including phenoxy) is 3. The standard InChI is InChI=1S/C13H19NO4/c1-13(17-8-10(7-14)18-13)6-9-3-4-11(15)12(5-9)16-2/h3-5,10,15H,6-8,14H2,1-2H3. The lowest BCUT2D eigenvalue weighted by atomic mass is 10.1. The highest BCUT2D eigenvalue weighted by Gasteiger charge is 2.36. The van der Waals surface area contributed by atoms with Crippen molar-refractivity contribution in [2.75, 3.05) is 20.3 Å². The first-order valence-electron chi connectivity index (χ1n) is 5.94. The summed E-state index contributed by atoms with van der Waals surface area (Å²) < 4.78 is 16.5. The number of aromatic hydroxyl groups is 1. The van der Waals surface area contributed by atoms with Crippen LogP contribution in [0.25, 0.3) is 0 Å². The maximum atomic E-state index is 9.54. The van der Waals surface area contributed by atoms with Crippen molar-refractivity contribution in [3.8, 4) is 11.5 Å². The van der Waals surface area contributed by atoms with Crippen molar-refractivity contribution >= 4 is 0 Å². The zero-order valence-electron chi connectivity index (χ0n) is 10.7. The first-order chi connectivity index (χ1) is 8.56. The van der Waals surface area contributed by atoms with E-state index < -0.39 is 5.79 Å². The Morgan fingerprint density at radius 2 is 2.33 bits per heavy atom. The molecule has 100 valence electrons. The third-order valence-electron chi connectivity index (χ3n) is 3.02. The second-order valence-corrected chi connectivity index (χ2v) is 4.60. The summed E-state index contributed by atoms with van der Waals surface area (Å²) >= 11 is 0. The van der Waals surface area contributed by atoms with E-state index in [1.807, 2.05) is 13.0 Å². The Morgan fingerprint density at radius 3 is 2.94 bits per heavy atom. The lowest BCUT2D eigenvalue weighted by molar-refractivity contribution is -0.151. The van der Waals surface area contributed by atoms with Gasteiger partial charge in [0, 0.05) is 13.0 Å². The molecular formula is C13H19NO4. The molecule has 0 saturated carbocycles. The summed E-state index contributed by atoms with van der Waals surface area (Å²) in [5.41, 5.74) is 6.53. The van der Waals surface area contributed by atoms with Gasteiger partial charge in [0.15, 0.2) is 17.3 Å². The molecule has 1 saturated heterocycles. The van der Waals surface area contributed by atoms with Crippen LogP contribution in [0, 0.1) is 0 Å². The van der Waals surface area contributed by atoms with Crippen LogP contribution < -0.4 is 10.5 Å². The van der Waals surface area contributed by atoms with Gasteiger partial charge in [0.25, 0.3) is 0 Å². The van der Waals surface area contributed by atoms with Crippen molar-refractivity contribution in [3.05, 3.63) is 23.8 Å². The highest BCUT2D eigenvalue weighted by atomic mass is 16.7. The monoisotopic (exact) mass is 253 g/mol. The van der Waals surface area contributed by atoms with Gasteiger partial charge in [0.1, 0.15) is 0 Å². The Kier molecular flexibility index (Phi) is 3.75.